The summed E-state index contributed by atoms with van der Waals surface area (Å²) in [5.41, 5.74) is 0. The van der Waals surface area contributed by atoms with Crippen molar-refractivity contribution < 1.29 is 9.53 Å². The molecule has 2 atom stereocenters. The fraction of sp³-hybridized carbons (Fsp3) is 0.455. The second kappa shape index (κ2) is 4.80. The smallest absolute Gasteiger partial charge is 0.254 e. The van der Waals surface area contributed by atoms with E-state index in [1.807, 2.05) is 6.92 Å². The molecule has 0 saturated carbocycles. The van der Waals surface area contributed by atoms with Crippen LogP contribution in [-0.4, -0.2) is 23.6 Å². The maximum atomic E-state index is 11.8. The van der Waals surface area contributed by atoms with Crippen LogP contribution in [0.4, 0.5) is 5.82 Å². The van der Waals surface area contributed by atoms with Gasteiger partial charge in [0, 0.05) is 12.8 Å². The summed E-state index contributed by atoms with van der Waals surface area (Å²) in [4.78, 5) is 15.8. The molecule has 1 aromatic rings. The monoisotopic (exact) mass is 240 g/mol. The maximum Gasteiger partial charge on any atom is 0.254 e. The number of carbonyl (C=O) groups excluding carboxylic acids is 1. The predicted molar refractivity (Wildman–Crippen MR) is 61.4 cm³/mol. The molecule has 0 unspecified atom stereocenters. The number of pyridine rings is 1. The fourth-order valence-electron chi connectivity index (χ4n) is 1.70. The number of rotatable bonds is 2. The normalized spacial score (nSPS) is 24.4. The van der Waals surface area contributed by atoms with Crippen molar-refractivity contribution in [3.63, 3.8) is 0 Å². The number of nitrogens with zero attached hydrogens (tertiary/aromatic N) is 1. The van der Waals surface area contributed by atoms with E-state index in [1.54, 1.807) is 18.3 Å². The minimum Gasteiger partial charge on any atom is -0.368 e. The van der Waals surface area contributed by atoms with Gasteiger partial charge in [-0.3, -0.25) is 4.79 Å². The highest BCUT2D eigenvalue weighted by Crippen LogP contribution is 2.23. The molecule has 16 heavy (non-hydrogen) atoms. The maximum absolute atomic E-state index is 11.8. The van der Waals surface area contributed by atoms with Crippen LogP contribution in [0.25, 0.3) is 0 Å². The topological polar surface area (TPSA) is 51.2 Å². The van der Waals surface area contributed by atoms with Crippen molar-refractivity contribution in [1.82, 2.24) is 4.98 Å². The molecule has 2 rings (SSSR count). The summed E-state index contributed by atoms with van der Waals surface area (Å²) in [5.74, 6) is 0.449. The van der Waals surface area contributed by atoms with Crippen molar-refractivity contribution in [2.24, 2.45) is 5.92 Å². The predicted octanol–water partition coefficient (Wildman–Crippen LogP) is 2.10. The Labute approximate surface area is 99.0 Å². The van der Waals surface area contributed by atoms with Gasteiger partial charge in [-0.15, -0.1) is 0 Å². The number of anilines is 1. The molecule has 1 N–H and O–H groups in total. The van der Waals surface area contributed by atoms with Crippen molar-refractivity contribution >= 4 is 23.3 Å². The number of carbonyl (C=O) groups is 1. The molecule has 1 aliphatic rings. The Bertz CT molecular complexity index is 397. The van der Waals surface area contributed by atoms with Gasteiger partial charge in [-0.2, -0.15) is 0 Å². The number of ether oxygens (including phenoxy) is 1. The van der Waals surface area contributed by atoms with Crippen LogP contribution in [-0.2, 0) is 9.53 Å². The average molecular weight is 241 g/mol. The molecular formula is C11H13ClN2O2. The molecular weight excluding hydrogens is 228 g/mol. The lowest BCUT2D eigenvalue weighted by Gasteiger charge is -2.14. The Morgan fingerprint density at radius 3 is 3.12 bits per heavy atom. The van der Waals surface area contributed by atoms with Gasteiger partial charge >= 0.3 is 0 Å². The molecule has 2 heterocycles. The number of hydrogen-bond donors (Lipinski definition) is 1. The highest BCUT2D eigenvalue weighted by Gasteiger charge is 2.31. The molecule has 0 bridgehead atoms. The third kappa shape index (κ3) is 2.33. The van der Waals surface area contributed by atoms with Gasteiger partial charge in [0.2, 0.25) is 0 Å². The van der Waals surface area contributed by atoms with Crippen LogP contribution in [0.15, 0.2) is 18.3 Å². The highest BCUT2D eigenvalue weighted by molar-refractivity contribution is 6.33. The van der Waals surface area contributed by atoms with E-state index >= 15 is 0 Å². The van der Waals surface area contributed by atoms with E-state index in [1.165, 1.54) is 0 Å². The van der Waals surface area contributed by atoms with E-state index in [4.69, 9.17) is 16.3 Å². The van der Waals surface area contributed by atoms with Gasteiger partial charge in [0.25, 0.3) is 5.91 Å². The van der Waals surface area contributed by atoms with E-state index in [0.717, 1.165) is 6.42 Å². The van der Waals surface area contributed by atoms with Gasteiger partial charge in [0.1, 0.15) is 6.10 Å². The second-order valence-electron chi connectivity index (χ2n) is 3.88. The van der Waals surface area contributed by atoms with Crippen LogP contribution in [0, 0.1) is 5.92 Å². The first-order valence-corrected chi connectivity index (χ1v) is 5.59. The zero-order valence-electron chi connectivity index (χ0n) is 8.94. The van der Waals surface area contributed by atoms with Crippen LogP contribution in [0.5, 0.6) is 0 Å². The SMILES string of the molecule is C[C@@H]1CCO[C@H]1C(=O)Nc1ncccc1Cl. The standard InChI is InChI=1S/C11H13ClN2O2/c1-7-4-6-16-9(7)11(15)14-10-8(12)3-2-5-13-10/h2-3,5,7,9H,4,6H2,1H3,(H,13,14,15)/t7-,9-/m1/s1. The molecule has 0 aliphatic carbocycles. The van der Waals surface area contributed by atoms with Gasteiger partial charge in [-0.1, -0.05) is 18.5 Å². The minimum absolute atomic E-state index is 0.175. The van der Waals surface area contributed by atoms with Crippen LogP contribution >= 0.6 is 11.6 Å². The van der Waals surface area contributed by atoms with E-state index in [-0.39, 0.29) is 11.8 Å². The fourth-order valence-corrected chi connectivity index (χ4v) is 1.86. The Kier molecular flexibility index (Phi) is 3.41. The Morgan fingerprint density at radius 1 is 1.69 bits per heavy atom. The number of aromatic nitrogens is 1. The summed E-state index contributed by atoms with van der Waals surface area (Å²) in [6.45, 7) is 2.63. The Balaban J connectivity index is 2.05. The molecule has 0 aromatic carbocycles. The van der Waals surface area contributed by atoms with E-state index in [2.05, 4.69) is 10.3 Å². The van der Waals surface area contributed by atoms with Crippen molar-refractivity contribution in [2.45, 2.75) is 19.4 Å². The van der Waals surface area contributed by atoms with Gasteiger partial charge in [-0.05, 0) is 24.5 Å². The summed E-state index contributed by atoms with van der Waals surface area (Å²) < 4.78 is 5.36. The van der Waals surface area contributed by atoms with Crippen LogP contribution < -0.4 is 5.32 Å². The highest BCUT2D eigenvalue weighted by atomic mass is 35.5. The third-order valence-electron chi connectivity index (χ3n) is 2.65. The first-order chi connectivity index (χ1) is 7.68. The summed E-state index contributed by atoms with van der Waals surface area (Å²) in [6, 6.07) is 3.40. The Hall–Kier alpha value is -1.13. The molecule has 0 radical (unpaired) electrons. The molecule has 1 saturated heterocycles. The van der Waals surface area contributed by atoms with E-state index < -0.39 is 6.10 Å². The van der Waals surface area contributed by atoms with Crippen molar-refractivity contribution in [3.05, 3.63) is 23.4 Å². The average Bonchev–Trinajstić information content (AvgIpc) is 2.68. The van der Waals surface area contributed by atoms with Crippen molar-refractivity contribution in [3.8, 4) is 0 Å². The lowest BCUT2D eigenvalue weighted by molar-refractivity contribution is -0.126. The van der Waals surface area contributed by atoms with Crippen molar-refractivity contribution in [2.75, 3.05) is 11.9 Å². The quantitative estimate of drug-likeness (QED) is 0.861. The van der Waals surface area contributed by atoms with E-state index in [9.17, 15) is 4.79 Å². The molecule has 1 amide bonds. The first-order valence-electron chi connectivity index (χ1n) is 5.21. The zero-order valence-corrected chi connectivity index (χ0v) is 9.70. The third-order valence-corrected chi connectivity index (χ3v) is 2.95. The lowest BCUT2D eigenvalue weighted by atomic mass is 10.0. The van der Waals surface area contributed by atoms with Gasteiger partial charge in [0.05, 0.1) is 5.02 Å². The molecule has 4 nitrogen and oxygen atoms in total. The van der Waals surface area contributed by atoms with E-state index in [0.29, 0.717) is 17.4 Å². The summed E-state index contributed by atoms with van der Waals surface area (Å²) in [7, 11) is 0. The number of amides is 1. The number of hydrogen-bond acceptors (Lipinski definition) is 3. The summed E-state index contributed by atoms with van der Waals surface area (Å²) in [6.07, 6.45) is 2.10. The van der Waals surface area contributed by atoms with Crippen molar-refractivity contribution in [1.29, 1.82) is 0 Å². The van der Waals surface area contributed by atoms with Gasteiger partial charge in [-0.25, -0.2) is 4.98 Å². The lowest BCUT2D eigenvalue weighted by Crippen LogP contribution is -2.31. The Morgan fingerprint density at radius 2 is 2.50 bits per heavy atom. The van der Waals surface area contributed by atoms with Crippen LogP contribution in [0.3, 0.4) is 0 Å². The molecule has 1 aliphatic heterocycles. The molecule has 0 spiro atoms. The molecule has 1 fully saturated rings. The van der Waals surface area contributed by atoms with Gasteiger partial charge < -0.3 is 10.1 Å². The molecule has 86 valence electrons. The van der Waals surface area contributed by atoms with Crippen LogP contribution in [0.2, 0.25) is 5.02 Å². The number of halogens is 1. The van der Waals surface area contributed by atoms with Crippen LogP contribution in [0.1, 0.15) is 13.3 Å². The summed E-state index contributed by atoms with van der Waals surface area (Å²) in [5, 5.41) is 3.11. The molecule has 1 aromatic heterocycles. The van der Waals surface area contributed by atoms with Gasteiger partial charge in [0.15, 0.2) is 5.82 Å². The zero-order chi connectivity index (χ0) is 11.5. The number of nitrogens with one attached hydrogen (secondary N) is 1. The first kappa shape index (κ1) is 11.4. The largest absolute Gasteiger partial charge is 0.368 e. The molecule has 5 heteroatoms. The minimum atomic E-state index is -0.391. The summed E-state index contributed by atoms with van der Waals surface area (Å²) >= 11 is 5.89. The second-order valence-corrected chi connectivity index (χ2v) is 4.29.